The molecule has 0 unspecified atom stereocenters. The normalized spacial score (nSPS) is 21.5. The maximum atomic E-state index is 13.3. The van der Waals surface area contributed by atoms with Crippen LogP contribution in [0.2, 0.25) is 0 Å². The van der Waals surface area contributed by atoms with Gasteiger partial charge < -0.3 is 15.3 Å². The fourth-order valence-electron chi connectivity index (χ4n) is 4.96. The molecule has 1 fully saturated rings. The zero-order valence-electron chi connectivity index (χ0n) is 20.5. The smallest absolute Gasteiger partial charge is 0.369 e. The summed E-state index contributed by atoms with van der Waals surface area (Å²) in [5.41, 5.74) is -6.04. The molecule has 0 spiro atoms. The number of alkyl halides is 6. The van der Waals surface area contributed by atoms with E-state index in [-0.39, 0.29) is 12.6 Å². The van der Waals surface area contributed by atoms with Crippen molar-refractivity contribution in [2.45, 2.75) is 68.9 Å². The quantitative estimate of drug-likeness (QED) is 0.472. The molecular weight excluding hydrogens is 486 g/mol. The van der Waals surface area contributed by atoms with Crippen LogP contribution in [0.1, 0.15) is 56.7 Å². The number of carbonyl (C=O) groups excluding carboxylic acids is 1. The Bertz CT molecular complexity index is 1050. The molecule has 2 atom stereocenters. The van der Waals surface area contributed by atoms with Gasteiger partial charge >= 0.3 is 18.4 Å². The van der Waals surface area contributed by atoms with Gasteiger partial charge in [0.2, 0.25) is 0 Å². The largest absolute Gasteiger partial charge is 0.430 e. The van der Waals surface area contributed by atoms with Gasteiger partial charge in [-0.25, -0.2) is 4.79 Å². The van der Waals surface area contributed by atoms with Crippen molar-refractivity contribution >= 4 is 6.03 Å². The first-order valence-electron chi connectivity index (χ1n) is 11.5. The van der Waals surface area contributed by atoms with Gasteiger partial charge in [0.05, 0.1) is 0 Å². The highest BCUT2D eigenvalue weighted by molar-refractivity contribution is 5.76. The zero-order valence-corrected chi connectivity index (χ0v) is 20.5. The van der Waals surface area contributed by atoms with E-state index < -0.39 is 40.4 Å². The molecule has 198 valence electrons. The van der Waals surface area contributed by atoms with Crippen LogP contribution in [-0.4, -0.2) is 47.0 Å². The minimum atomic E-state index is -5.96. The Morgan fingerprint density at radius 3 is 1.94 bits per heavy atom. The van der Waals surface area contributed by atoms with E-state index >= 15 is 0 Å². The Balaban J connectivity index is 2.07. The summed E-state index contributed by atoms with van der Waals surface area (Å²) in [7, 11) is 0. The van der Waals surface area contributed by atoms with Crippen LogP contribution in [0.5, 0.6) is 0 Å². The number of nitrogens with one attached hydrogen (secondary N) is 1. The van der Waals surface area contributed by atoms with Crippen LogP contribution in [0, 0.1) is 0 Å². The van der Waals surface area contributed by atoms with Gasteiger partial charge in [-0.15, -0.1) is 0 Å². The van der Waals surface area contributed by atoms with Gasteiger partial charge in [-0.05, 0) is 38.3 Å². The highest BCUT2D eigenvalue weighted by Crippen LogP contribution is 2.51. The Labute approximate surface area is 206 Å². The van der Waals surface area contributed by atoms with E-state index in [1.54, 1.807) is 4.90 Å². The number of carbonyl (C=O) groups is 1. The minimum Gasteiger partial charge on any atom is -0.369 e. The molecule has 36 heavy (non-hydrogen) atoms. The predicted octanol–water partition coefficient (Wildman–Crippen LogP) is 6.25. The van der Waals surface area contributed by atoms with Crippen molar-refractivity contribution in [1.82, 2.24) is 10.2 Å². The van der Waals surface area contributed by atoms with Crippen molar-refractivity contribution in [3.8, 4) is 0 Å². The SMILES string of the molecule is CC[C@]1(c2ccccc2)CN(C(=O)NC(C)(C)C)C[C@H]1c1ccc(C(O)(C(F)(F)F)C(F)(F)F)cc1. The fourth-order valence-corrected chi connectivity index (χ4v) is 4.96. The molecule has 0 aliphatic carbocycles. The van der Waals surface area contributed by atoms with E-state index in [1.807, 2.05) is 58.0 Å². The van der Waals surface area contributed by atoms with Crippen LogP contribution >= 0.6 is 0 Å². The summed E-state index contributed by atoms with van der Waals surface area (Å²) in [5.74, 6) is -0.408. The molecule has 2 amide bonds. The van der Waals surface area contributed by atoms with Crippen molar-refractivity contribution in [1.29, 1.82) is 0 Å². The number of urea groups is 1. The Morgan fingerprint density at radius 2 is 1.50 bits per heavy atom. The van der Waals surface area contributed by atoms with Gasteiger partial charge in [-0.3, -0.25) is 0 Å². The van der Waals surface area contributed by atoms with Crippen LogP contribution < -0.4 is 5.32 Å². The number of hydrogen-bond donors (Lipinski definition) is 2. The molecule has 1 aliphatic heterocycles. The summed E-state index contributed by atoms with van der Waals surface area (Å²) in [4.78, 5) is 14.6. The van der Waals surface area contributed by atoms with Crippen molar-refractivity contribution in [3.63, 3.8) is 0 Å². The van der Waals surface area contributed by atoms with E-state index in [0.717, 1.165) is 5.56 Å². The summed E-state index contributed by atoms with van der Waals surface area (Å²) in [6, 6.07) is 12.7. The highest BCUT2D eigenvalue weighted by Gasteiger charge is 2.71. The monoisotopic (exact) mass is 516 g/mol. The molecule has 10 heteroatoms. The summed E-state index contributed by atoms with van der Waals surface area (Å²) >= 11 is 0. The first-order valence-corrected chi connectivity index (χ1v) is 11.5. The second kappa shape index (κ2) is 9.28. The van der Waals surface area contributed by atoms with Crippen LogP contribution in [0.15, 0.2) is 54.6 Å². The third-order valence-electron chi connectivity index (χ3n) is 6.84. The van der Waals surface area contributed by atoms with Crippen molar-refractivity contribution < 1.29 is 36.2 Å². The number of likely N-dealkylation sites (tertiary alicyclic amines) is 1. The average molecular weight is 517 g/mol. The van der Waals surface area contributed by atoms with Crippen LogP contribution in [0.4, 0.5) is 31.1 Å². The first-order chi connectivity index (χ1) is 16.5. The zero-order chi connectivity index (χ0) is 27.2. The Hall–Kier alpha value is -2.75. The summed E-state index contributed by atoms with van der Waals surface area (Å²) in [6.07, 6.45) is -11.4. The second-order valence-corrected chi connectivity index (χ2v) is 10.3. The van der Waals surface area contributed by atoms with Crippen molar-refractivity contribution in [3.05, 3.63) is 71.3 Å². The third-order valence-corrected chi connectivity index (χ3v) is 6.84. The number of aliphatic hydroxyl groups is 1. The molecule has 1 saturated heterocycles. The molecule has 0 aromatic heterocycles. The van der Waals surface area contributed by atoms with E-state index in [1.165, 1.54) is 12.1 Å². The molecule has 2 aromatic rings. The number of benzene rings is 2. The Morgan fingerprint density at radius 1 is 0.972 bits per heavy atom. The van der Waals surface area contributed by atoms with Crippen LogP contribution in [0.25, 0.3) is 0 Å². The van der Waals surface area contributed by atoms with E-state index in [2.05, 4.69) is 5.32 Å². The first kappa shape index (κ1) is 27.8. The molecule has 1 heterocycles. The van der Waals surface area contributed by atoms with Gasteiger partial charge in [0, 0.05) is 35.5 Å². The second-order valence-electron chi connectivity index (χ2n) is 10.3. The maximum Gasteiger partial charge on any atom is 0.430 e. The lowest BCUT2D eigenvalue weighted by Crippen LogP contribution is -2.53. The summed E-state index contributed by atoms with van der Waals surface area (Å²) < 4.78 is 80.0. The third kappa shape index (κ3) is 4.92. The fraction of sp³-hybridized carbons (Fsp3) is 0.500. The average Bonchev–Trinajstić information content (AvgIpc) is 3.18. The number of amides is 2. The number of hydrogen-bond acceptors (Lipinski definition) is 2. The minimum absolute atomic E-state index is 0.215. The van der Waals surface area contributed by atoms with E-state index in [0.29, 0.717) is 30.7 Å². The topological polar surface area (TPSA) is 52.6 Å². The molecule has 4 nitrogen and oxygen atoms in total. The maximum absolute atomic E-state index is 13.3. The molecule has 2 aromatic carbocycles. The van der Waals surface area contributed by atoms with E-state index in [9.17, 15) is 36.2 Å². The predicted molar refractivity (Wildman–Crippen MR) is 123 cm³/mol. The summed E-state index contributed by atoms with van der Waals surface area (Å²) in [5, 5.41) is 12.7. The standard InChI is InChI=1S/C26H30F6N2O2/c1-5-23(18-9-7-6-8-10-18)16-34(21(35)33-22(2,3)4)15-20(23)17-11-13-19(14-12-17)24(36,25(27,28)29)26(30,31)32/h6-14,20,36H,5,15-16H2,1-4H3,(H,33,35)/t20-,23+/m0/s1. The molecular formula is C26H30F6N2O2. The van der Waals surface area contributed by atoms with Gasteiger partial charge in [0.25, 0.3) is 5.60 Å². The lowest BCUT2D eigenvalue weighted by molar-refractivity contribution is -0.376. The number of rotatable bonds is 4. The van der Waals surface area contributed by atoms with Crippen molar-refractivity contribution in [2.75, 3.05) is 13.1 Å². The van der Waals surface area contributed by atoms with Gasteiger partial charge in [-0.1, -0.05) is 61.5 Å². The van der Waals surface area contributed by atoms with Gasteiger partial charge in [0.1, 0.15) is 0 Å². The summed E-state index contributed by atoms with van der Waals surface area (Å²) in [6.45, 7) is 7.98. The lowest BCUT2D eigenvalue weighted by atomic mass is 9.68. The van der Waals surface area contributed by atoms with Crippen LogP contribution in [0.3, 0.4) is 0 Å². The molecule has 2 N–H and O–H groups in total. The van der Waals surface area contributed by atoms with Crippen LogP contribution in [-0.2, 0) is 11.0 Å². The van der Waals surface area contributed by atoms with Crippen molar-refractivity contribution in [2.24, 2.45) is 0 Å². The highest BCUT2D eigenvalue weighted by atomic mass is 19.4. The van der Waals surface area contributed by atoms with Gasteiger partial charge in [-0.2, -0.15) is 26.3 Å². The molecule has 0 saturated carbocycles. The number of nitrogens with zero attached hydrogens (tertiary/aromatic N) is 1. The lowest BCUT2D eigenvalue weighted by Gasteiger charge is -2.35. The number of halogens is 6. The van der Waals surface area contributed by atoms with E-state index in [4.69, 9.17) is 0 Å². The Kier molecular flexibility index (Phi) is 7.18. The van der Waals surface area contributed by atoms with Gasteiger partial charge in [0.15, 0.2) is 0 Å². The molecule has 0 bridgehead atoms. The molecule has 1 aliphatic rings. The molecule has 0 radical (unpaired) electrons. The molecule has 3 rings (SSSR count).